The minimum absolute atomic E-state index is 0.0729. The van der Waals surface area contributed by atoms with Crippen molar-refractivity contribution in [3.8, 4) is 0 Å². The molecule has 0 unspecified atom stereocenters. The van der Waals surface area contributed by atoms with Crippen LogP contribution in [-0.4, -0.2) is 28.6 Å². The van der Waals surface area contributed by atoms with Crippen LogP contribution in [0.2, 0.25) is 0 Å². The van der Waals surface area contributed by atoms with Crippen LogP contribution in [0.15, 0.2) is 0 Å². The molecule has 1 aromatic heterocycles. The summed E-state index contributed by atoms with van der Waals surface area (Å²) in [5.41, 5.74) is 7.14. The molecule has 19 heavy (non-hydrogen) atoms. The number of anilines is 1. The number of hydrogen-bond acceptors (Lipinski definition) is 5. The largest absolute Gasteiger partial charge is 0.346 e. The summed E-state index contributed by atoms with van der Waals surface area (Å²) < 4.78 is 0.314. The molecule has 0 aromatic carbocycles. The summed E-state index contributed by atoms with van der Waals surface area (Å²) in [5, 5.41) is 1.15. The van der Waals surface area contributed by atoms with Gasteiger partial charge in [0.05, 0.1) is 5.69 Å². The first-order valence-corrected chi connectivity index (χ1v) is 8.62. The van der Waals surface area contributed by atoms with Gasteiger partial charge in [-0.25, -0.2) is 4.98 Å². The van der Waals surface area contributed by atoms with E-state index in [1.807, 2.05) is 0 Å². The Morgan fingerprint density at radius 1 is 1.37 bits per heavy atom. The SMILES string of the molecule is CC1(C)CN(c2nc(C(C)(C)C)c(CN)s2)CCS1. The Morgan fingerprint density at radius 2 is 2.05 bits per heavy atom. The van der Waals surface area contributed by atoms with Crippen LogP contribution in [0.5, 0.6) is 0 Å². The van der Waals surface area contributed by atoms with E-state index in [1.54, 1.807) is 11.3 Å². The summed E-state index contributed by atoms with van der Waals surface area (Å²) >= 11 is 3.83. The first-order chi connectivity index (χ1) is 8.73. The average molecular weight is 300 g/mol. The van der Waals surface area contributed by atoms with Crippen molar-refractivity contribution in [1.29, 1.82) is 0 Å². The van der Waals surface area contributed by atoms with E-state index in [2.05, 4.69) is 51.3 Å². The maximum atomic E-state index is 5.89. The molecule has 1 aliphatic heterocycles. The monoisotopic (exact) mass is 299 g/mol. The molecule has 0 spiro atoms. The van der Waals surface area contributed by atoms with Gasteiger partial charge in [0.25, 0.3) is 0 Å². The van der Waals surface area contributed by atoms with Crippen molar-refractivity contribution in [1.82, 2.24) is 4.98 Å². The third-order valence-corrected chi connectivity index (χ3v) is 5.71. The first-order valence-electron chi connectivity index (χ1n) is 6.82. The second kappa shape index (κ2) is 5.26. The summed E-state index contributed by atoms with van der Waals surface area (Å²) in [6.45, 7) is 14.0. The minimum atomic E-state index is 0.0729. The highest BCUT2D eigenvalue weighted by Crippen LogP contribution is 2.37. The van der Waals surface area contributed by atoms with Crippen molar-refractivity contribution in [2.75, 3.05) is 23.7 Å². The molecule has 5 heteroatoms. The molecule has 1 fully saturated rings. The van der Waals surface area contributed by atoms with Gasteiger partial charge in [-0.2, -0.15) is 11.8 Å². The summed E-state index contributed by atoms with van der Waals surface area (Å²) in [6, 6.07) is 0. The van der Waals surface area contributed by atoms with Gasteiger partial charge in [-0.05, 0) is 13.8 Å². The first kappa shape index (κ1) is 15.1. The maximum Gasteiger partial charge on any atom is 0.185 e. The summed E-state index contributed by atoms with van der Waals surface area (Å²) in [7, 11) is 0. The highest BCUT2D eigenvalue weighted by atomic mass is 32.2. The molecule has 0 amide bonds. The lowest BCUT2D eigenvalue weighted by Crippen LogP contribution is -2.43. The molecule has 1 aliphatic rings. The molecular weight excluding hydrogens is 274 g/mol. The number of thiazole rings is 1. The average Bonchev–Trinajstić information content (AvgIpc) is 2.71. The molecule has 3 nitrogen and oxygen atoms in total. The normalized spacial score (nSPS) is 19.8. The van der Waals surface area contributed by atoms with Crippen molar-refractivity contribution in [3.63, 3.8) is 0 Å². The van der Waals surface area contributed by atoms with Crippen LogP contribution in [0.4, 0.5) is 5.13 Å². The van der Waals surface area contributed by atoms with Crippen LogP contribution in [0, 0.1) is 0 Å². The zero-order valence-corrected chi connectivity index (χ0v) is 14.2. The van der Waals surface area contributed by atoms with E-state index in [0.717, 1.165) is 18.2 Å². The molecule has 1 aromatic rings. The summed E-state index contributed by atoms with van der Waals surface area (Å²) in [4.78, 5) is 8.56. The van der Waals surface area contributed by atoms with Crippen LogP contribution in [0.25, 0.3) is 0 Å². The lowest BCUT2D eigenvalue weighted by atomic mass is 9.91. The van der Waals surface area contributed by atoms with Crippen LogP contribution in [0.3, 0.4) is 0 Å². The third kappa shape index (κ3) is 3.44. The maximum absolute atomic E-state index is 5.89. The number of rotatable bonds is 2. The standard InChI is InChI=1S/C14H25N3S2/c1-13(2,3)11-10(8-15)19-12(16-11)17-6-7-18-14(4,5)9-17/h6-9,15H2,1-5H3. The third-order valence-electron chi connectivity index (χ3n) is 3.28. The van der Waals surface area contributed by atoms with Gasteiger partial charge in [-0.15, -0.1) is 11.3 Å². The van der Waals surface area contributed by atoms with E-state index in [-0.39, 0.29) is 5.41 Å². The summed E-state index contributed by atoms with van der Waals surface area (Å²) in [6.07, 6.45) is 0. The molecule has 0 atom stereocenters. The Kier molecular flexibility index (Phi) is 4.19. The quantitative estimate of drug-likeness (QED) is 0.910. The molecule has 0 saturated carbocycles. The predicted octanol–water partition coefficient (Wildman–Crippen LogP) is 3.23. The van der Waals surface area contributed by atoms with Crippen molar-refractivity contribution in [3.05, 3.63) is 10.6 Å². The van der Waals surface area contributed by atoms with Gasteiger partial charge in [0.15, 0.2) is 5.13 Å². The molecule has 1 saturated heterocycles. The van der Waals surface area contributed by atoms with Crippen LogP contribution < -0.4 is 10.6 Å². The van der Waals surface area contributed by atoms with Crippen molar-refractivity contribution >= 4 is 28.2 Å². The van der Waals surface area contributed by atoms with Gasteiger partial charge >= 0.3 is 0 Å². The number of nitrogens with zero attached hydrogens (tertiary/aromatic N) is 2. The van der Waals surface area contributed by atoms with Gasteiger partial charge in [0, 0.05) is 40.4 Å². The molecule has 2 heterocycles. The van der Waals surface area contributed by atoms with Gasteiger partial charge < -0.3 is 10.6 Å². The fourth-order valence-electron chi connectivity index (χ4n) is 2.38. The number of aromatic nitrogens is 1. The number of nitrogens with two attached hydrogens (primary N) is 1. The van der Waals surface area contributed by atoms with Crippen LogP contribution in [0.1, 0.15) is 45.2 Å². The molecule has 0 radical (unpaired) electrons. The molecule has 2 N–H and O–H groups in total. The second-order valence-corrected chi connectivity index (χ2v) is 9.62. The lowest BCUT2D eigenvalue weighted by Gasteiger charge is -2.37. The van der Waals surface area contributed by atoms with Gasteiger partial charge in [-0.3, -0.25) is 0 Å². The Bertz CT molecular complexity index is 446. The van der Waals surface area contributed by atoms with Gasteiger partial charge in [0.2, 0.25) is 0 Å². The number of hydrogen-bond donors (Lipinski definition) is 1. The van der Waals surface area contributed by atoms with E-state index in [1.165, 1.54) is 16.3 Å². The van der Waals surface area contributed by atoms with Crippen molar-refractivity contribution < 1.29 is 0 Å². The fraction of sp³-hybridized carbons (Fsp3) is 0.786. The molecule has 108 valence electrons. The highest BCUT2D eigenvalue weighted by molar-refractivity contribution is 8.00. The topological polar surface area (TPSA) is 42.2 Å². The van der Waals surface area contributed by atoms with Crippen LogP contribution in [-0.2, 0) is 12.0 Å². The lowest BCUT2D eigenvalue weighted by molar-refractivity contribution is 0.564. The predicted molar refractivity (Wildman–Crippen MR) is 87.5 cm³/mol. The van der Waals surface area contributed by atoms with Crippen molar-refractivity contribution in [2.24, 2.45) is 5.73 Å². The van der Waals surface area contributed by atoms with E-state index >= 15 is 0 Å². The Balaban J connectivity index is 2.28. The smallest absolute Gasteiger partial charge is 0.185 e. The minimum Gasteiger partial charge on any atom is -0.346 e. The van der Waals surface area contributed by atoms with E-state index in [4.69, 9.17) is 10.7 Å². The van der Waals surface area contributed by atoms with E-state index < -0.39 is 0 Å². The molecule has 2 rings (SSSR count). The second-order valence-electron chi connectivity index (χ2n) is 6.75. The zero-order chi connectivity index (χ0) is 14.3. The Labute approximate surface area is 125 Å². The van der Waals surface area contributed by atoms with Crippen LogP contribution >= 0.6 is 23.1 Å². The number of thioether (sulfide) groups is 1. The van der Waals surface area contributed by atoms with Gasteiger partial charge in [-0.1, -0.05) is 20.8 Å². The fourth-order valence-corrected chi connectivity index (χ4v) is 4.66. The molecule has 0 bridgehead atoms. The van der Waals surface area contributed by atoms with Crippen molar-refractivity contribution in [2.45, 2.75) is 51.3 Å². The molecule has 0 aliphatic carbocycles. The Morgan fingerprint density at radius 3 is 2.53 bits per heavy atom. The Hall–Kier alpha value is -0.260. The van der Waals surface area contributed by atoms with E-state index in [9.17, 15) is 0 Å². The molecular formula is C14H25N3S2. The zero-order valence-electron chi connectivity index (χ0n) is 12.6. The van der Waals surface area contributed by atoms with E-state index in [0.29, 0.717) is 11.3 Å². The van der Waals surface area contributed by atoms with Gasteiger partial charge in [0.1, 0.15) is 0 Å². The highest BCUT2D eigenvalue weighted by Gasteiger charge is 2.30. The summed E-state index contributed by atoms with van der Waals surface area (Å²) in [5.74, 6) is 1.18.